The summed E-state index contributed by atoms with van der Waals surface area (Å²) in [5.74, 6) is -3.62. The second-order valence-electron chi connectivity index (χ2n) is 5.14. The van der Waals surface area contributed by atoms with Gasteiger partial charge >= 0.3 is 17.9 Å². The molecule has 0 aliphatic rings. The Morgan fingerprint density at radius 3 is 1.50 bits per heavy atom. The lowest BCUT2D eigenvalue weighted by atomic mass is 10.2. The van der Waals surface area contributed by atoms with Gasteiger partial charge in [0.25, 0.3) is 5.79 Å². The lowest BCUT2D eigenvalue weighted by molar-refractivity contribution is -0.221. The molecule has 22 heavy (non-hydrogen) atoms. The van der Waals surface area contributed by atoms with E-state index >= 15 is 0 Å². The van der Waals surface area contributed by atoms with Crippen LogP contribution in [0.15, 0.2) is 36.5 Å². The normalized spacial score (nSPS) is 10.4. The molecule has 0 saturated carbocycles. The molecule has 0 unspecified atom stereocenters. The molecular formula is C16H22O6. The van der Waals surface area contributed by atoms with Crippen LogP contribution in [0.4, 0.5) is 0 Å². The van der Waals surface area contributed by atoms with Crippen molar-refractivity contribution in [3.05, 3.63) is 36.5 Å². The molecule has 0 aliphatic carbocycles. The maximum atomic E-state index is 11.7. The Bertz CT molecular complexity index is 487. The monoisotopic (exact) mass is 310 g/mol. The molecule has 0 N–H and O–H groups in total. The third-order valence-corrected chi connectivity index (χ3v) is 2.45. The van der Waals surface area contributed by atoms with Crippen LogP contribution >= 0.6 is 0 Å². The van der Waals surface area contributed by atoms with Crippen molar-refractivity contribution in [3.63, 3.8) is 0 Å². The second-order valence-corrected chi connectivity index (χ2v) is 5.14. The van der Waals surface area contributed by atoms with Crippen LogP contribution in [0.3, 0.4) is 0 Å². The van der Waals surface area contributed by atoms with Crippen molar-refractivity contribution in [1.29, 1.82) is 0 Å². The Labute approximate surface area is 130 Å². The zero-order valence-corrected chi connectivity index (χ0v) is 13.5. The molecule has 0 radical (unpaired) electrons. The van der Waals surface area contributed by atoms with Gasteiger partial charge in [0, 0.05) is 23.6 Å². The first-order chi connectivity index (χ1) is 9.98. The third kappa shape index (κ3) is 6.88. The molecule has 6 heteroatoms. The Morgan fingerprint density at radius 1 is 0.818 bits per heavy atom. The molecule has 0 saturated heterocycles. The molecule has 0 aromatic carbocycles. The van der Waals surface area contributed by atoms with Gasteiger partial charge in [-0.15, -0.1) is 0 Å². The molecule has 0 fully saturated rings. The molecule has 0 aliphatic heterocycles. The van der Waals surface area contributed by atoms with Crippen LogP contribution in [0.1, 0.15) is 34.1 Å². The highest BCUT2D eigenvalue weighted by Crippen LogP contribution is 2.21. The van der Waals surface area contributed by atoms with Crippen LogP contribution in [0, 0.1) is 0 Å². The minimum Gasteiger partial charge on any atom is -0.462 e. The van der Waals surface area contributed by atoms with Gasteiger partial charge in [-0.25, -0.2) is 14.4 Å². The standard InChI is InChI=1S/C16H22O6/c1-10(2)13(17)20-9-8-16(7,21-14(18)11(3)4)22-15(19)12(5)6/h1,3,5,8-9H2,2,4,6-7H3. The van der Waals surface area contributed by atoms with E-state index < -0.39 is 23.7 Å². The number of carbonyl (C=O) groups is 3. The van der Waals surface area contributed by atoms with Gasteiger partial charge < -0.3 is 14.2 Å². The van der Waals surface area contributed by atoms with E-state index in [1.165, 1.54) is 27.7 Å². The molecule has 0 aromatic heterocycles. The number of rotatable bonds is 8. The topological polar surface area (TPSA) is 78.9 Å². The van der Waals surface area contributed by atoms with Gasteiger partial charge in [0.2, 0.25) is 0 Å². The molecule has 6 nitrogen and oxygen atoms in total. The Balaban J connectivity index is 4.91. The first kappa shape index (κ1) is 19.6. The second kappa shape index (κ2) is 8.17. The van der Waals surface area contributed by atoms with Gasteiger partial charge in [0.05, 0.1) is 13.0 Å². The Hall–Kier alpha value is -2.37. The number of hydrogen-bond acceptors (Lipinski definition) is 6. The van der Waals surface area contributed by atoms with Crippen LogP contribution in [0.2, 0.25) is 0 Å². The van der Waals surface area contributed by atoms with Crippen molar-refractivity contribution in [2.75, 3.05) is 6.61 Å². The van der Waals surface area contributed by atoms with Crippen molar-refractivity contribution in [3.8, 4) is 0 Å². The lowest BCUT2D eigenvalue weighted by Gasteiger charge is -2.29. The van der Waals surface area contributed by atoms with Gasteiger partial charge in [-0.2, -0.15) is 0 Å². The van der Waals surface area contributed by atoms with Crippen LogP contribution in [0.25, 0.3) is 0 Å². The summed E-state index contributed by atoms with van der Waals surface area (Å²) in [5.41, 5.74) is 0.535. The summed E-state index contributed by atoms with van der Waals surface area (Å²) in [7, 11) is 0. The first-order valence-corrected chi connectivity index (χ1v) is 6.59. The van der Waals surface area contributed by atoms with Gasteiger partial charge in [-0.3, -0.25) is 0 Å². The van der Waals surface area contributed by atoms with Gasteiger partial charge in [-0.05, 0) is 20.8 Å². The smallest absolute Gasteiger partial charge is 0.336 e. The minimum absolute atomic E-state index is 0.0376. The van der Waals surface area contributed by atoms with E-state index in [1.807, 2.05) is 0 Å². The van der Waals surface area contributed by atoms with Crippen molar-refractivity contribution >= 4 is 17.9 Å². The fraction of sp³-hybridized carbons (Fsp3) is 0.438. The summed E-state index contributed by atoms with van der Waals surface area (Å²) in [6.45, 7) is 16.1. The predicted molar refractivity (Wildman–Crippen MR) is 80.6 cm³/mol. The third-order valence-electron chi connectivity index (χ3n) is 2.45. The summed E-state index contributed by atoms with van der Waals surface area (Å²) in [6.07, 6.45) is -0.0376. The summed E-state index contributed by atoms with van der Waals surface area (Å²) >= 11 is 0. The first-order valence-electron chi connectivity index (χ1n) is 6.59. The lowest BCUT2D eigenvalue weighted by Crippen LogP contribution is -2.39. The van der Waals surface area contributed by atoms with Crippen LogP contribution < -0.4 is 0 Å². The molecule has 0 atom stereocenters. The van der Waals surface area contributed by atoms with E-state index in [0.29, 0.717) is 0 Å². The fourth-order valence-corrected chi connectivity index (χ4v) is 1.14. The number of ether oxygens (including phenoxy) is 3. The maximum absolute atomic E-state index is 11.7. The molecule has 0 aromatic rings. The molecular weight excluding hydrogens is 288 g/mol. The van der Waals surface area contributed by atoms with Crippen molar-refractivity contribution in [1.82, 2.24) is 0 Å². The molecule has 122 valence electrons. The minimum atomic E-state index is -1.60. The average molecular weight is 310 g/mol. The van der Waals surface area contributed by atoms with Crippen LogP contribution in [0.5, 0.6) is 0 Å². The Morgan fingerprint density at radius 2 is 1.18 bits per heavy atom. The highest BCUT2D eigenvalue weighted by molar-refractivity contribution is 5.89. The van der Waals surface area contributed by atoms with Crippen LogP contribution in [-0.4, -0.2) is 30.3 Å². The maximum Gasteiger partial charge on any atom is 0.336 e. The highest BCUT2D eigenvalue weighted by atomic mass is 16.7. The Kier molecular flexibility index (Phi) is 7.29. The fourth-order valence-electron chi connectivity index (χ4n) is 1.14. The molecule has 0 bridgehead atoms. The summed E-state index contributed by atoms with van der Waals surface area (Å²) in [4.78, 5) is 34.6. The van der Waals surface area contributed by atoms with Gasteiger partial charge in [0.15, 0.2) is 0 Å². The molecule has 0 heterocycles. The zero-order chi connectivity index (χ0) is 17.5. The molecule has 0 amide bonds. The quantitative estimate of drug-likeness (QED) is 0.389. The van der Waals surface area contributed by atoms with E-state index in [-0.39, 0.29) is 29.7 Å². The van der Waals surface area contributed by atoms with Crippen molar-refractivity contribution in [2.45, 2.75) is 39.9 Å². The van der Waals surface area contributed by atoms with E-state index in [0.717, 1.165) is 0 Å². The van der Waals surface area contributed by atoms with Gasteiger partial charge in [-0.1, -0.05) is 19.7 Å². The van der Waals surface area contributed by atoms with E-state index in [1.54, 1.807) is 0 Å². The molecule has 0 rings (SSSR count). The average Bonchev–Trinajstić information content (AvgIpc) is 2.37. The zero-order valence-electron chi connectivity index (χ0n) is 13.5. The summed E-state index contributed by atoms with van der Waals surface area (Å²) in [6, 6.07) is 0. The predicted octanol–water partition coefficient (Wildman–Crippen LogP) is 2.45. The van der Waals surface area contributed by atoms with E-state index in [2.05, 4.69) is 19.7 Å². The number of esters is 3. The van der Waals surface area contributed by atoms with Crippen molar-refractivity contribution in [2.24, 2.45) is 0 Å². The highest BCUT2D eigenvalue weighted by Gasteiger charge is 2.34. The summed E-state index contributed by atoms with van der Waals surface area (Å²) < 4.78 is 15.2. The van der Waals surface area contributed by atoms with Crippen LogP contribution in [-0.2, 0) is 28.6 Å². The molecule has 0 spiro atoms. The SMILES string of the molecule is C=C(C)C(=O)OCCC(C)(OC(=O)C(=C)C)OC(=O)C(=C)C. The number of carbonyl (C=O) groups excluding carboxylic acids is 3. The van der Waals surface area contributed by atoms with Crippen molar-refractivity contribution < 1.29 is 28.6 Å². The van der Waals surface area contributed by atoms with Gasteiger partial charge in [0.1, 0.15) is 0 Å². The van der Waals surface area contributed by atoms with E-state index in [9.17, 15) is 14.4 Å². The largest absolute Gasteiger partial charge is 0.462 e. The number of hydrogen-bond donors (Lipinski definition) is 0. The summed E-state index contributed by atoms with van der Waals surface area (Å²) in [5, 5.41) is 0. The van der Waals surface area contributed by atoms with E-state index in [4.69, 9.17) is 14.2 Å².